The molecule has 0 aliphatic carbocycles. The molecule has 0 spiro atoms. The van der Waals surface area contributed by atoms with Gasteiger partial charge >= 0.3 is 5.97 Å². The minimum Gasteiger partial charge on any atom is -0.476 e. The Balaban J connectivity index is 1.73. The van der Waals surface area contributed by atoms with Crippen LogP contribution in [0.2, 0.25) is 5.02 Å². The summed E-state index contributed by atoms with van der Waals surface area (Å²) in [6.45, 7) is 5.49. The summed E-state index contributed by atoms with van der Waals surface area (Å²) in [7, 11) is 0. The number of benzene rings is 1. The number of hydrogen-bond donors (Lipinski definition) is 1. The summed E-state index contributed by atoms with van der Waals surface area (Å²) in [6.07, 6.45) is 0.980. The number of carboxylic acid groups (broad SMARTS) is 1. The highest BCUT2D eigenvalue weighted by molar-refractivity contribution is 6.31. The van der Waals surface area contributed by atoms with Crippen molar-refractivity contribution in [1.82, 2.24) is 10.2 Å². The number of rotatable bonds is 3. The zero-order valence-electron chi connectivity index (χ0n) is 13.4. The van der Waals surface area contributed by atoms with Crippen molar-refractivity contribution in [3.63, 3.8) is 0 Å². The normalized spacial score (nSPS) is 15.2. The van der Waals surface area contributed by atoms with Crippen LogP contribution in [0, 0.1) is 6.92 Å². The first-order valence-corrected chi connectivity index (χ1v) is 8.26. The SMILES string of the molecule is Cc1c(Cl)cccc1N1CCCN(c2ccc(C(=O)O)nn2)CC1. The molecule has 1 saturated heterocycles. The standard InChI is InChI=1S/C17H19ClN4O2/c1-12-13(18)4-2-5-15(12)21-8-3-9-22(11-10-21)16-7-6-14(17(23)24)19-20-16/h2,4-7H,3,8-11H2,1H3,(H,23,24). The highest BCUT2D eigenvalue weighted by Crippen LogP contribution is 2.27. The second-order valence-electron chi connectivity index (χ2n) is 5.79. The molecular formula is C17H19ClN4O2. The summed E-state index contributed by atoms with van der Waals surface area (Å²) in [5.41, 5.74) is 2.22. The van der Waals surface area contributed by atoms with Gasteiger partial charge in [-0.05, 0) is 43.2 Å². The topological polar surface area (TPSA) is 69.6 Å². The first-order valence-electron chi connectivity index (χ1n) is 7.88. The summed E-state index contributed by atoms with van der Waals surface area (Å²) >= 11 is 6.24. The Bertz CT molecular complexity index is 736. The Morgan fingerprint density at radius 3 is 2.54 bits per heavy atom. The van der Waals surface area contributed by atoms with E-state index in [1.165, 1.54) is 6.07 Å². The number of carbonyl (C=O) groups is 1. The van der Waals surface area contributed by atoms with Crippen LogP contribution in [0.5, 0.6) is 0 Å². The lowest BCUT2D eigenvalue weighted by atomic mass is 10.1. The number of aromatic carboxylic acids is 1. The monoisotopic (exact) mass is 346 g/mol. The lowest BCUT2D eigenvalue weighted by Gasteiger charge is -2.25. The molecule has 6 nitrogen and oxygen atoms in total. The number of halogens is 1. The smallest absolute Gasteiger partial charge is 0.356 e. The van der Waals surface area contributed by atoms with Gasteiger partial charge in [0.25, 0.3) is 0 Å². The first-order chi connectivity index (χ1) is 11.6. The molecule has 2 aromatic rings. The lowest BCUT2D eigenvalue weighted by Crippen LogP contribution is -2.31. The molecule has 3 rings (SSSR count). The van der Waals surface area contributed by atoms with Crippen molar-refractivity contribution >= 4 is 29.1 Å². The van der Waals surface area contributed by atoms with E-state index in [0.29, 0.717) is 5.82 Å². The van der Waals surface area contributed by atoms with Crippen LogP contribution in [0.15, 0.2) is 30.3 Å². The number of carboxylic acids is 1. The van der Waals surface area contributed by atoms with Crippen molar-refractivity contribution in [1.29, 1.82) is 0 Å². The average molecular weight is 347 g/mol. The fourth-order valence-corrected chi connectivity index (χ4v) is 3.10. The van der Waals surface area contributed by atoms with Gasteiger partial charge < -0.3 is 14.9 Å². The van der Waals surface area contributed by atoms with E-state index in [4.69, 9.17) is 16.7 Å². The van der Waals surface area contributed by atoms with Crippen molar-refractivity contribution in [3.8, 4) is 0 Å². The molecule has 0 saturated carbocycles. The van der Waals surface area contributed by atoms with Crippen molar-refractivity contribution < 1.29 is 9.90 Å². The van der Waals surface area contributed by atoms with Crippen LogP contribution in [0.4, 0.5) is 11.5 Å². The molecule has 24 heavy (non-hydrogen) atoms. The van der Waals surface area contributed by atoms with Crippen LogP contribution in [0.1, 0.15) is 22.5 Å². The van der Waals surface area contributed by atoms with Crippen molar-refractivity contribution in [2.75, 3.05) is 36.0 Å². The van der Waals surface area contributed by atoms with Crippen LogP contribution >= 0.6 is 11.6 Å². The van der Waals surface area contributed by atoms with Gasteiger partial charge in [-0.25, -0.2) is 4.79 Å². The molecule has 1 aromatic carbocycles. The Labute approximate surface area is 145 Å². The molecule has 126 valence electrons. The fraction of sp³-hybridized carbons (Fsp3) is 0.353. The van der Waals surface area contributed by atoms with Crippen LogP contribution in [-0.2, 0) is 0 Å². The van der Waals surface area contributed by atoms with E-state index in [2.05, 4.69) is 26.1 Å². The summed E-state index contributed by atoms with van der Waals surface area (Å²) in [5.74, 6) is -0.350. The predicted molar refractivity (Wildman–Crippen MR) is 94.2 cm³/mol. The zero-order valence-corrected chi connectivity index (χ0v) is 14.2. The molecule has 1 aromatic heterocycles. The number of anilines is 2. The average Bonchev–Trinajstić information content (AvgIpc) is 2.83. The summed E-state index contributed by atoms with van der Waals surface area (Å²) in [4.78, 5) is 15.3. The molecule has 1 aliphatic rings. The highest BCUT2D eigenvalue weighted by atomic mass is 35.5. The van der Waals surface area contributed by atoms with Gasteiger partial charge in [0.1, 0.15) is 0 Å². The Hall–Kier alpha value is -2.34. The molecule has 2 heterocycles. The minimum absolute atomic E-state index is 0.0373. The van der Waals surface area contributed by atoms with Gasteiger partial charge in [0.05, 0.1) is 0 Å². The summed E-state index contributed by atoms with van der Waals surface area (Å²) < 4.78 is 0. The van der Waals surface area contributed by atoms with E-state index < -0.39 is 5.97 Å². The van der Waals surface area contributed by atoms with Gasteiger partial charge in [0.15, 0.2) is 11.5 Å². The third-order valence-corrected chi connectivity index (χ3v) is 4.68. The van der Waals surface area contributed by atoms with Gasteiger partial charge in [-0.15, -0.1) is 10.2 Å². The molecule has 0 amide bonds. The quantitative estimate of drug-likeness (QED) is 0.921. The van der Waals surface area contributed by atoms with Gasteiger partial charge in [0.2, 0.25) is 0 Å². The Kier molecular flexibility index (Phi) is 4.85. The van der Waals surface area contributed by atoms with E-state index in [-0.39, 0.29) is 5.69 Å². The third kappa shape index (κ3) is 3.43. The summed E-state index contributed by atoms with van der Waals surface area (Å²) in [5, 5.41) is 17.5. The predicted octanol–water partition coefficient (Wildman–Crippen LogP) is 2.85. The van der Waals surface area contributed by atoms with E-state index in [1.807, 2.05) is 19.1 Å². The zero-order chi connectivity index (χ0) is 17.1. The molecule has 0 radical (unpaired) electrons. The molecule has 1 aliphatic heterocycles. The van der Waals surface area contributed by atoms with Crippen LogP contribution in [-0.4, -0.2) is 47.5 Å². The number of nitrogens with zero attached hydrogens (tertiary/aromatic N) is 4. The number of hydrogen-bond acceptors (Lipinski definition) is 5. The van der Waals surface area contributed by atoms with Crippen LogP contribution < -0.4 is 9.80 Å². The molecule has 0 unspecified atom stereocenters. The molecule has 7 heteroatoms. The highest BCUT2D eigenvalue weighted by Gasteiger charge is 2.18. The van der Waals surface area contributed by atoms with Gasteiger partial charge in [-0.3, -0.25) is 0 Å². The minimum atomic E-state index is -1.06. The van der Waals surface area contributed by atoms with Crippen LogP contribution in [0.3, 0.4) is 0 Å². The second kappa shape index (κ2) is 7.05. The van der Waals surface area contributed by atoms with Crippen molar-refractivity contribution in [2.24, 2.45) is 0 Å². The van der Waals surface area contributed by atoms with E-state index in [9.17, 15) is 4.79 Å². The number of aromatic nitrogens is 2. The van der Waals surface area contributed by atoms with Gasteiger partial charge in [0, 0.05) is 36.9 Å². The largest absolute Gasteiger partial charge is 0.476 e. The maximum Gasteiger partial charge on any atom is 0.356 e. The molecule has 1 N–H and O–H groups in total. The van der Waals surface area contributed by atoms with Gasteiger partial charge in [-0.1, -0.05) is 17.7 Å². The van der Waals surface area contributed by atoms with Gasteiger partial charge in [-0.2, -0.15) is 0 Å². The molecule has 0 bridgehead atoms. The Morgan fingerprint density at radius 1 is 1.08 bits per heavy atom. The maximum atomic E-state index is 10.9. The molecule has 0 atom stereocenters. The van der Waals surface area contributed by atoms with Crippen LogP contribution in [0.25, 0.3) is 0 Å². The fourth-order valence-electron chi connectivity index (χ4n) is 2.93. The summed E-state index contributed by atoms with van der Waals surface area (Å²) in [6, 6.07) is 9.19. The van der Waals surface area contributed by atoms with Crippen molar-refractivity contribution in [3.05, 3.63) is 46.6 Å². The van der Waals surface area contributed by atoms with Crippen molar-refractivity contribution in [2.45, 2.75) is 13.3 Å². The Morgan fingerprint density at radius 2 is 1.83 bits per heavy atom. The third-order valence-electron chi connectivity index (χ3n) is 4.27. The second-order valence-corrected chi connectivity index (χ2v) is 6.20. The first kappa shape index (κ1) is 16.5. The maximum absolute atomic E-state index is 10.9. The van der Waals surface area contributed by atoms with E-state index in [0.717, 1.165) is 48.9 Å². The molecular weight excluding hydrogens is 328 g/mol. The van der Waals surface area contributed by atoms with E-state index >= 15 is 0 Å². The molecule has 1 fully saturated rings. The van der Waals surface area contributed by atoms with E-state index in [1.54, 1.807) is 6.07 Å². The lowest BCUT2D eigenvalue weighted by molar-refractivity contribution is 0.0689.